The van der Waals surface area contributed by atoms with E-state index in [1.165, 1.54) is 13.2 Å². The van der Waals surface area contributed by atoms with Gasteiger partial charge in [-0.25, -0.2) is 14.4 Å². The number of halogens is 2. The number of aromatic hydroxyl groups is 1. The lowest BCUT2D eigenvalue weighted by Gasteiger charge is -2.25. The SMILES string of the molecule is COc1cc(O)c2c(c1)[C@@H]1O[C@@H]1CC[C@H](OC(=O)c1ccc(Br)cc1)[C@@H](OC(=O)c1ccc(Br)cc1)/C=C/C[C@H](C)OC2=O. The van der Waals surface area contributed by atoms with Crippen molar-refractivity contribution in [3.05, 3.63) is 104 Å². The number of fused-ring (bicyclic) bond motifs is 3. The molecule has 0 aromatic heterocycles. The Hall–Kier alpha value is -3.67. The Morgan fingerprint density at radius 2 is 1.52 bits per heavy atom. The second kappa shape index (κ2) is 14.0. The van der Waals surface area contributed by atoms with Crippen LogP contribution in [0.4, 0.5) is 0 Å². The topological polar surface area (TPSA) is 121 Å². The average molecular weight is 730 g/mol. The second-order valence-corrected chi connectivity index (χ2v) is 12.3. The number of carbonyl (C=O) groups excluding carboxylic acids is 3. The number of cyclic esters (lactones) is 1. The lowest BCUT2D eigenvalue weighted by molar-refractivity contribution is -0.0248. The van der Waals surface area contributed by atoms with Crippen LogP contribution in [0.15, 0.2) is 81.8 Å². The normalized spacial score (nSPS) is 24.0. The maximum absolute atomic E-state index is 13.3. The number of esters is 3. The number of phenols is 1. The quantitative estimate of drug-likeness (QED) is 0.127. The Morgan fingerprint density at radius 3 is 2.14 bits per heavy atom. The van der Waals surface area contributed by atoms with Crippen LogP contribution in [0.5, 0.6) is 11.5 Å². The summed E-state index contributed by atoms with van der Waals surface area (Å²) in [4.78, 5) is 39.6. The summed E-state index contributed by atoms with van der Waals surface area (Å²) >= 11 is 6.74. The van der Waals surface area contributed by atoms with Gasteiger partial charge in [0.05, 0.1) is 24.3 Å². The molecule has 0 aliphatic carbocycles. The minimum absolute atomic E-state index is 0.0192. The van der Waals surface area contributed by atoms with Gasteiger partial charge in [0.15, 0.2) is 6.10 Å². The fraction of sp³-hybridized carbons (Fsp3) is 0.303. The summed E-state index contributed by atoms with van der Waals surface area (Å²) in [6.07, 6.45) is 0.981. The first-order valence-electron chi connectivity index (χ1n) is 14.0. The minimum Gasteiger partial charge on any atom is -0.507 e. The van der Waals surface area contributed by atoms with Gasteiger partial charge >= 0.3 is 17.9 Å². The number of carbonyl (C=O) groups is 3. The number of rotatable bonds is 5. The first-order chi connectivity index (χ1) is 21.1. The van der Waals surface area contributed by atoms with Crippen molar-refractivity contribution in [1.82, 2.24) is 0 Å². The molecule has 3 aromatic carbocycles. The van der Waals surface area contributed by atoms with E-state index in [9.17, 15) is 19.5 Å². The van der Waals surface area contributed by atoms with E-state index in [0.717, 1.165) is 8.95 Å². The maximum Gasteiger partial charge on any atom is 0.342 e. The summed E-state index contributed by atoms with van der Waals surface area (Å²) in [7, 11) is 1.46. The third-order valence-electron chi connectivity index (χ3n) is 7.32. The van der Waals surface area contributed by atoms with Gasteiger partial charge in [0.25, 0.3) is 0 Å². The second-order valence-electron chi connectivity index (χ2n) is 10.5. The Bertz CT molecular complexity index is 1550. The van der Waals surface area contributed by atoms with Crippen molar-refractivity contribution >= 4 is 49.8 Å². The molecule has 1 N–H and O–H groups in total. The number of hydrogen-bond donors (Lipinski definition) is 1. The number of phenolic OH excluding ortho intramolecular Hbond substituents is 1. The first kappa shape index (κ1) is 31.7. The molecule has 1 fully saturated rings. The Labute approximate surface area is 271 Å². The molecule has 5 rings (SSSR count). The summed E-state index contributed by atoms with van der Waals surface area (Å²) in [5.41, 5.74) is 1.13. The average Bonchev–Trinajstić information content (AvgIpc) is 3.78. The van der Waals surface area contributed by atoms with Gasteiger partial charge in [-0.05, 0) is 80.4 Å². The molecular formula is C33H30Br2O9. The van der Waals surface area contributed by atoms with Gasteiger partial charge in [-0.15, -0.1) is 0 Å². The highest BCUT2D eigenvalue weighted by Gasteiger charge is 2.44. The molecule has 0 saturated carbocycles. The molecule has 0 unspecified atom stereocenters. The molecule has 0 radical (unpaired) electrons. The summed E-state index contributed by atoms with van der Waals surface area (Å²) in [5.74, 6) is -1.75. The van der Waals surface area contributed by atoms with Gasteiger partial charge in [0.1, 0.15) is 35.4 Å². The van der Waals surface area contributed by atoms with Crippen molar-refractivity contribution in [3.8, 4) is 11.5 Å². The lowest BCUT2D eigenvalue weighted by atomic mass is 9.97. The van der Waals surface area contributed by atoms with Crippen LogP contribution in [-0.2, 0) is 18.9 Å². The highest BCUT2D eigenvalue weighted by atomic mass is 79.9. The predicted molar refractivity (Wildman–Crippen MR) is 167 cm³/mol. The molecular weight excluding hydrogens is 700 g/mol. The molecule has 230 valence electrons. The van der Waals surface area contributed by atoms with Crippen molar-refractivity contribution < 1.29 is 43.2 Å². The monoisotopic (exact) mass is 728 g/mol. The third-order valence-corrected chi connectivity index (χ3v) is 8.37. The van der Waals surface area contributed by atoms with E-state index in [2.05, 4.69) is 31.9 Å². The zero-order valence-corrected chi connectivity index (χ0v) is 27.1. The summed E-state index contributed by atoms with van der Waals surface area (Å²) in [6.45, 7) is 1.71. The van der Waals surface area contributed by atoms with Crippen LogP contribution >= 0.6 is 31.9 Å². The lowest BCUT2D eigenvalue weighted by Crippen LogP contribution is -2.34. The minimum atomic E-state index is -0.954. The summed E-state index contributed by atoms with van der Waals surface area (Å²) < 4.78 is 30.4. The zero-order valence-electron chi connectivity index (χ0n) is 23.9. The smallest absolute Gasteiger partial charge is 0.342 e. The molecule has 0 bridgehead atoms. The molecule has 9 nitrogen and oxygen atoms in total. The van der Waals surface area contributed by atoms with Gasteiger partial charge in [0, 0.05) is 27.0 Å². The highest BCUT2D eigenvalue weighted by Crippen LogP contribution is 2.46. The predicted octanol–water partition coefficient (Wildman–Crippen LogP) is 7.10. The van der Waals surface area contributed by atoms with Crippen molar-refractivity contribution in [2.75, 3.05) is 7.11 Å². The third kappa shape index (κ3) is 7.69. The van der Waals surface area contributed by atoms with Gasteiger partial charge in [-0.1, -0.05) is 37.9 Å². The van der Waals surface area contributed by atoms with Crippen LogP contribution in [-0.4, -0.2) is 54.5 Å². The number of hydrogen-bond acceptors (Lipinski definition) is 9. The Kier molecular flexibility index (Phi) is 10.1. The molecule has 5 atom stereocenters. The first-order valence-corrected chi connectivity index (χ1v) is 15.6. The molecule has 2 aliphatic rings. The van der Waals surface area contributed by atoms with E-state index in [4.69, 9.17) is 23.7 Å². The Balaban J connectivity index is 1.46. The number of ether oxygens (including phenoxy) is 5. The van der Waals surface area contributed by atoms with E-state index < -0.39 is 42.3 Å². The largest absolute Gasteiger partial charge is 0.507 e. The molecule has 0 spiro atoms. The number of methoxy groups -OCH3 is 1. The van der Waals surface area contributed by atoms with E-state index in [0.29, 0.717) is 28.9 Å². The van der Waals surface area contributed by atoms with Crippen LogP contribution in [0.3, 0.4) is 0 Å². The standard InChI is InChI=1S/C33H30Br2O9/c1-18-4-3-5-26(43-31(37)19-6-10-21(34)11-7-19)27(44-32(38)20-8-12-22(35)13-9-20)14-15-28-30(42-28)24-16-23(40-2)17-25(36)29(24)33(39)41-18/h3,5-13,16-18,26-28,30,36H,4,14-15H2,1-2H3/b5-3+/t18-,26-,27-,28+,30-/m0/s1. The molecule has 1 saturated heterocycles. The maximum atomic E-state index is 13.3. The fourth-order valence-electron chi connectivity index (χ4n) is 4.94. The summed E-state index contributed by atoms with van der Waals surface area (Å²) in [5, 5.41) is 10.7. The van der Waals surface area contributed by atoms with Crippen LogP contribution in [0, 0.1) is 0 Å². The summed E-state index contributed by atoms with van der Waals surface area (Å²) in [6, 6.07) is 16.5. The van der Waals surface area contributed by atoms with Gasteiger partial charge in [-0.3, -0.25) is 0 Å². The van der Waals surface area contributed by atoms with Crippen molar-refractivity contribution in [3.63, 3.8) is 0 Å². The van der Waals surface area contributed by atoms with Crippen LogP contribution in [0.25, 0.3) is 0 Å². The molecule has 11 heteroatoms. The van der Waals surface area contributed by atoms with Crippen molar-refractivity contribution in [2.24, 2.45) is 0 Å². The molecule has 3 aromatic rings. The molecule has 0 amide bonds. The van der Waals surface area contributed by atoms with Gasteiger partial charge in [0.2, 0.25) is 0 Å². The van der Waals surface area contributed by atoms with Gasteiger partial charge in [-0.2, -0.15) is 0 Å². The number of epoxide rings is 1. The van der Waals surface area contributed by atoms with E-state index in [1.54, 1.807) is 73.7 Å². The zero-order chi connectivity index (χ0) is 31.4. The van der Waals surface area contributed by atoms with Crippen LogP contribution in [0.2, 0.25) is 0 Å². The van der Waals surface area contributed by atoms with E-state index >= 15 is 0 Å². The van der Waals surface area contributed by atoms with Crippen LogP contribution in [0.1, 0.15) is 68.9 Å². The number of benzene rings is 3. The fourth-order valence-corrected chi connectivity index (χ4v) is 5.47. The highest BCUT2D eigenvalue weighted by molar-refractivity contribution is 9.10. The van der Waals surface area contributed by atoms with E-state index in [-0.39, 0.29) is 30.3 Å². The molecule has 2 aliphatic heterocycles. The van der Waals surface area contributed by atoms with Crippen molar-refractivity contribution in [1.29, 1.82) is 0 Å². The molecule has 44 heavy (non-hydrogen) atoms. The van der Waals surface area contributed by atoms with Gasteiger partial charge < -0.3 is 28.8 Å². The molecule has 2 heterocycles. The van der Waals surface area contributed by atoms with Crippen LogP contribution < -0.4 is 4.74 Å². The van der Waals surface area contributed by atoms with E-state index in [1.807, 2.05) is 0 Å². The Morgan fingerprint density at radius 1 is 0.909 bits per heavy atom. The van der Waals surface area contributed by atoms with Crippen molar-refractivity contribution in [2.45, 2.75) is 56.7 Å².